The molecule has 0 aliphatic rings. The predicted octanol–water partition coefficient (Wildman–Crippen LogP) is 12.7. The summed E-state index contributed by atoms with van der Waals surface area (Å²) in [6.45, 7) is 3.85. The van der Waals surface area contributed by atoms with E-state index in [4.69, 9.17) is 4.99 Å². The van der Waals surface area contributed by atoms with E-state index >= 15 is 0 Å². The minimum atomic E-state index is -0.446. The molecule has 1 N–H and O–H groups in total. The standard InChI is InChI=1S/C28H24FNO.C18H15P.C6H5.Ni/c1-19(2)26-17-23(29)16-22(28(26)31)18-30-27-24(20-10-5-3-6-11-20)14-9-15-25(27)21-12-7-4-8-13-21;1-4-10-16(11-5-1)19(17-12-6-2-7-13-17)18-14-8-3-9-15-18;1-2-4-6-5-3-1;/h3-19,31H,1-2H3;1-15H;1-5H;/q;;-1;. The first-order chi connectivity index (χ1) is 27.5. The largest absolute Gasteiger partial charge is 0.507 e. The van der Waals surface area contributed by atoms with Crippen LogP contribution in [-0.2, 0) is 16.5 Å². The Morgan fingerprint density at radius 3 is 1.32 bits per heavy atom. The van der Waals surface area contributed by atoms with E-state index in [1.54, 1.807) is 6.21 Å². The molecular formula is C52H44FNNiOP-. The van der Waals surface area contributed by atoms with Gasteiger partial charge in [0.25, 0.3) is 0 Å². The number of rotatable bonds is 8. The fraction of sp³-hybridized carbons (Fsp3) is 0.0577. The zero-order valence-corrected chi connectivity index (χ0v) is 33.8. The molecule has 0 aliphatic heterocycles. The fourth-order valence-corrected chi connectivity index (χ4v) is 8.52. The van der Waals surface area contributed by atoms with Gasteiger partial charge < -0.3 is 5.11 Å². The molecule has 0 aromatic heterocycles. The van der Waals surface area contributed by atoms with E-state index in [0.717, 1.165) is 27.9 Å². The third-order valence-electron chi connectivity index (χ3n) is 8.94. The number of phenols is 1. The maximum Gasteiger partial charge on any atom is 0.128 e. The Morgan fingerprint density at radius 1 is 0.544 bits per heavy atom. The topological polar surface area (TPSA) is 32.6 Å². The summed E-state index contributed by atoms with van der Waals surface area (Å²) in [5.74, 6) is -0.319. The molecule has 286 valence electrons. The third kappa shape index (κ3) is 11.8. The van der Waals surface area contributed by atoms with Crippen LogP contribution in [0.1, 0.15) is 30.9 Å². The molecular weight excluding hydrogens is 763 g/mol. The van der Waals surface area contributed by atoms with Gasteiger partial charge in [0, 0.05) is 39.4 Å². The smallest absolute Gasteiger partial charge is 0.128 e. The quantitative estimate of drug-likeness (QED) is 0.0705. The second-order valence-electron chi connectivity index (χ2n) is 13.2. The number of phenolic OH excluding ortho intramolecular Hbond substituents is 1. The maximum absolute atomic E-state index is 14.2. The van der Waals surface area contributed by atoms with Gasteiger partial charge in [-0.25, -0.2) is 4.39 Å². The molecule has 0 saturated carbocycles. The number of hydrogen-bond acceptors (Lipinski definition) is 2. The molecule has 0 radical (unpaired) electrons. The van der Waals surface area contributed by atoms with Crippen LogP contribution in [0.3, 0.4) is 0 Å². The van der Waals surface area contributed by atoms with Gasteiger partial charge in [-0.15, -0.1) is 0 Å². The Kier molecular flexibility index (Phi) is 16.3. The maximum atomic E-state index is 14.2. The Bertz CT molecular complexity index is 2220. The number of para-hydroxylation sites is 1. The summed E-state index contributed by atoms with van der Waals surface area (Å²) in [4.78, 5) is 4.78. The number of aromatic hydroxyl groups is 1. The average molecular weight is 808 g/mol. The van der Waals surface area contributed by atoms with Crippen molar-refractivity contribution in [1.82, 2.24) is 0 Å². The summed E-state index contributed by atoms with van der Waals surface area (Å²) in [5, 5.41) is 14.9. The zero-order valence-electron chi connectivity index (χ0n) is 31.9. The van der Waals surface area contributed by atoms with Gasteiger partial charge in [0.2, 0.25) is 0 Å². The molecule has 0 aliphatic carbocycles. The van der Waals surface area contributed by atoms with Crippen molar-refractivity contribution in [3.8, 4) is 28.0 Å². The van der Waals surface area contributed by atoms with Crippen LogP contribution in [0.15, 0.2) is 217 Å². The van der Waals surface area contributed by atoms with Gasteiger partial charge in [0.15, 0.2) is 0 Å². The summed E-state index contributed by atoms with van der Waals surface area (Å²) in [6.07, 6.45) is 1.55. The van der Waals surface area contributed by atoms with Crippen molar-refractivity contribution in [1.29, 1.82) is 0 Å². The number of hydrogen-bond donors (Lipinski definition) is 1. The molecule has 0 atom stereocenters. The van der Waals surface area contributed by atoms with Gasteiger partial charge in [-0.1, -0.05) is 184 Å². The van der Waals surface area contributed by atoms with Crippen LogP contribution in [0.4, 0.5) is 10.1 Å². The molecule has 8 aromatic rings. The first-order valence-electron chi connectivity index (χ1n) is 18.7. The van der Waals surface area contributed by atoms with E-state index in [0.29, 0.717) is 11.1 Å². The van der Waals surface area contributed by atoms with Crippen LogP contribution >= 0.6 is 7.92 Å². The van der Waals surface area contributed by atoms with Crippen molar-refractivity contribution < 1.29 is 26.0 Å². The van der Waals surface area contributed by atoms with E-state index in [9.17, 15) is 9.50 Å². The van der Waals surface area contributed by atoms with Gasteiger partial charge in [0.05, 0.1) is 5.69 Å². The van der Waals surface area contributed by atoms with Gasteiger partial charge >= 0.3 is 0 Å². The number of nitrogens with zero attached hydrogens (tertiary/aromatic N) is 1. The summed E-state index contributed by atoms with van der Waals surface area (Å²) in [5.41, 5.74) is 5.73. The summed E-state index contributed by atoms with van der Waals surface area (Å²) in [7, 11) is -0.446. The average Bonchev–Trinajstić information content (AvgIpc) is 3.26. The van der Waals surface area contributed by atoms with Gasteiger partial charge in [-0.2, -0.15) is 36.4 Å². The van der Waals surface area contributed by atoms with Crippen molar-refractivity contribution in [3.63, 3.8) is 0 Å². The third-order valence-corrected chi connectivity index (χ3v) is 11.4. The summed E-state index contributed by atoms with van der Waals surface area (Å²) < 4.78 is 14.2. The van der Waals surface area contributed by atoms with Crippen LogP contribution < -0.4 is 15.9 Å². The van der Waals surface area contributed by atoms with Crippen LogP contribution in [-0.4, -0.2) is 11.3 Å². The van der Waals surface area contributed by atoms with E-state index in [1.165, 1.54) is 28.0 Å². The molecule has 0 bridgehead atoms. The molecule has 0 heterocycles. The van der Waals surface area contributed by atoms with Crippen LogP contribution in [0, 0.1) is 11.9 Å². The molecule has 5 heteroatoms. The minimum absolute atomic E-state index is 0. The zero-order chi connectivity index (χ0) is 39.0. The monoisotopic (exact) mass is 806 g/mol. The molecule has 0 spiro atoms. The number of halogens is 1. The van der Waals surface area contributed by atoms with Crippen LogP contribution in [0.5, 0.6) is 5.75 Å². The van der Waals surface area contributed by atoms with Crippen molar-refractivity contribution in [2.45, 2.75) is 19.8 Å². The molecule has 0 amide bonds. The number of aliphatic imine (C=N–C) groups is 1. The van der Waals surface area contributed by atoms with Gasteiger partial charge in [-0.3, -0.25) is 4.99 Å². The van der Waals surface area contributed by atoms with E-state index in [1.807, 2.05) is 123 Å². The molecule has 8 aromatic carbocycles. The minimum Gasteiger partial charge on any atom is -0.507 e. The first-order valence-corrected chi connectivity index (χ1v) is 20.0. The van der Waals surface area contributed by atoms with E-state index in [2.05, 4.69) is 97.1 Å². The van der Waals surface area contributed by atoms with Crippen LogP contribution in [0.25, 0.3) is 22.3 Å². The van der Waals surface area contributed by atoms with Gasteiger partial charge in [-0.05, 0) is 58.6 Å². The normalized spacial score (nSPS) is 10.5. The SMILES string of the molecule is CC(C)c1cc(F)cc(C=Nc2c(-c3ccccc3)cccc2-c2ccccc2)c1O.[Ni].[c-]1ccccc1.c1ccc(P(c2ccccc2)c2ccccc2)cc1. The molecule has 0 fully saturated rings. The Hall–Kier alpha value is -5.92. The van der Waals surface area contributed by atoms with Crippen molar-refractivity contribution in [2.75, 3.05) is 0 Å². The van der Waals surface area contributed by atoms with E-state index in [-0.39, 0.29) is 34.0 Å². The Morgan fingerprint density at radius 2 is 0.947 bits per heavy atom. The fourth-order valence-electron chi connectivity index (χ4n) is 6.22. The second-order valence-corrected chi connectivity index (χ2v) is 15.4. The van der Waals surface area contributed by atoms with Gasteiger partial charge in [0.1, 0.15) is 11.6 Å². The van der Waals surface area contributed by atoms with E-state index < -0.39 is 7.92 Å². The first kappa shape index (κ1) is 42.2. The summed E-state index contributed by atoms with van der Waals surface area (Å²) >= 11 is 0. The van der Waals surface area contributed by atoms with Crippen LogP contribution in [0.2, 0.25) is 0 Å². The molecule has 0 saturated heterocycles. The summed E-state index contributed by atoms with van der Waals surface area (Å²) in [6, 6.07) is 73.7. The molecule has 2 nitrogen and oxygen atoms in total. The molecule has 57 heavy (non-hydrogen) atoms. The Balaban J connectivity index is 0.000000201. The molecule has 8 rings (SSSR count). The number of benzene rings is 8. The predicted molar refractivity (Wildman–Crippen MR) is 237 cm³/mol. The van der Waals surface area contributed by atoms with Crippen molar-refractivity contribution in [3.05, 3.63) is 235 Å². The Labute approximate surface area is 348 Å². The second kappa shape index (κ2) is 22.0. The van der Waals surface area contributed by atoms with Crippen molar-refractivity contribution >= 4 is 35.7 Å². The van der Waals surface area contributed by atoms with Crippen molar-refractivity contribution in [2.24, 2.45) is 4.99 Å². The molecule has 0 unspecified atom stereocenters.